The van der Waals surface area contributed by atoms with Gasteiger partial charge in [-0.15, -0.1) is 0 Å². The number of aromatic nitrogens is 2. The van der Waals surface area contributed by atoms with Crippen LogP contribution in [-0.2, 0) is 11.2 Å². The van der Waals surface area contributed by atoms with Gasteiger partial charge >= 0.3 is 5.97 Å². The Morgan fingerprint density at radius 2 is 2.11 bits per heavy atom. The summed E-state index contributed by atoms with van der Waals surface area (Å²) in [7, 11) is 1.41. The fourth-order valence-corrected chi connectivity index (χ4v) is 2.26. The van der Waals surface area contributed by atoms with E-state index in [-0.39, 0.29) is 5.97 Å². The van der Waals surface area contributed by atoms with Crippen LogP contribution in [0, 0.1) is 5.92 Å². The van der Waals surface area contributed by atoms with Gasteiger partial charge in [0.05, 0.1) is 12.8 Å². The van der Waals surface area contributed by atoms with E-state index >= 15 is 0 Å². The third-order valence-corrected chi connectivity index (χ3v) is 3.47. The summed E-state index contributed by atoms with van der Waals surface area (Å²) in [5, 5.41) is 7.32. The average Bonchev–Trinajstić information content (AvgIpc) is 3.17. The summed E-state index contributed by atoms with van der Waals surface area (Å²) < 4.78 is 4.90. The molecule has 4 heteroatoms. The first-order valence-corrected chi connectivity index (χ1v) is 6.50. The molecule has 1 fully saturated rings. The molecule has 0 radical (unpaired) electrons. The van der Waals surface area contributed by atoms with Crippen molar-refractivity contribution in [2.45, 2.75) is 19.3 Å². The van der Waals surface area contributed by atoms with E-state index in [9.17, 15) is 4.79 Å². The fraction of sp³-hybridized carbons (Fsp3) is 0.333. The number of rotatable bonds is 4. The minimum Gasteiger partial charge on any atom is -0.465 e. The van der Waals surface area contributed by atoms with Gasteiger partial charge in [0.25, 0.3) is 0 Å². The SMILES string of the molecule is COC(=O)c1c(-c2ccccc2)n[nH]c1CC1CC1. The summed E-state index contributed by atoms with van der Waals surface area (Å²) in [5.74, 6) is 0.371. The van der Waals surface area contributed by atoms with Crippen LogP contribution in [0.4, 0.5) is 0 Å². The Morgan fingerprint density at radius 3 is 2.74 bits per heavy atom. The van der Waals surface area contributed by atoms with Crippen LogP contribution in [-0.4, -0.2) is 23.3 Å². The summed E-state index contributed by atoms with van der Waals surface area (Å²) in [6, 6.07) is 9.71. The number of ether oxygens (including phenoxy) is 1. The molecule has 1 aliphatic rings. The molecule has 0 amide bonds. The van der Waals surface area contributed by atoms with Crippen LogP contribution in [0.25, 0.3) is 11.3 Å². The maximum Gasteiger partial charge on any atom is 0.342 e. The first-order valence-electron chi connectivity index (χ1n) is 6.50. The normalized spacial score (nSPS) is 14.4. The lowest BCUT2D eigenvalue weighted by Gasteiger charge is -2.03. The van der Waals surface area contributed by atoms with Crippen molar-refractivity contribution in [3.05, 3.63) is 41.6 Å². The standard InChI is InChI=1S/C15H16N2O2/c1-19-15(18)13-12(9-10-7-8-10)16-17-14(13)11-5-3-2-4-6-11/h2-6,10H,7-9H2,1H3,(H,16,17). The van der Waals surface area contributed by atoms with E-state index < -0.39 is 0 Å². The van der Waals surface area contributed by atoms with E-state index in [0.717, 1.165) is 17.7 Å². The summed E-state index contributed by atoms with van der Waals surface area (Å²) in [4.78, 5) is 12.0. The van der Waals surface area contributed by atoms with Crippen LogP contribution in [0.5, 0.6) is 0 Å². The quantitative estimate of drug-likeness (QED) is 0.856. The molecule has 1 aliphatic carbocycles. The first kappa shape index (κ1) is 12.0. The van der Waals surface area contributed by atoms with E-state index in [1.54, 1.807) is 0 Å². The topological polar surface area (TPSA) is 55.0 Å². The third kappa shape index (κ3) is 2.38. The Kier molecular flexibility index (Phi) is 3.07. The largest absolute Gasteiger partial charge is 0.465 e. The minimum absolute atomic E-state index is 0.316. The molecule has 3 rings (SSSR count). The van der Waals surface area contributed by atoms with Crippen LogP contribution in [0.1, 0.15) is 28.9 Å². The predicted molar refractivity (Wildman–Crippen MR) is 71.8 cm³/mol. The van der Waals surface area contributed by atoms with Gasteiger partial charge in [-0.2, -0.15) is 5.10 Å². The summed E-state index contributed by atoms with van der Waals surface area (Å²) in [5.41, 5.74) is 3.10. The summed E-state index contributed by atoms with van der Waals surface area (Å²) in [6.45, 7) is 0. The zero-order valence-electron chi connectivity index (χ0n) is 10.8. The number of carbonyl (C=O) groups is 1. The maximum atomic E-state index is 12.0. The molecule has 1 heterocycles. The maximum absolute atomic E-state index is 12.0. The van der Waals surface area contributed by atoms with Crippen LogP contribution in [0.15, 0.2) is 30.3 Å². The number of nitrogens with zero attached hydrogens (tertiary/aromatic N) is 1. The average molecular weight is 256 g/mol. The van der Waals surface area contributed by atoms with Crippen molar-refractivity contribution in [1.82, 2.24) is 10.2 Å². The Bertz CT molecular complexity index is 585. The molecule has 1 aromatic heterocycles. The second-order valence-electron chi connectivity index (χ2n) is 4.93. The van der Waals surface area contributed by atoms with Crippen LogP contribution in [0.2, 0.25) is 0 Å². The highest BCUT2D eigenvalue weighted by molar-refractivity contribution is 5.97. The summed E-state index contributed by atoms with van der Waals surface area (Å²) >= 11 is 0. The number of hydrogen-bond acceptors (Lipinski definition) is 3. The smallest absolute Gasteiger partial charge is 0.342 e. The zero-order chi connectivity index (χ0) is 13.2. The van der Waals surface area contributed by atoms with Crippen molar-refractivity contribution in [1.29, 1.82) is 0 Å². The highest BCUT2D eigenvalue weighted by Gasteiger charge is 2.28. The van der Waals surface area contributed by atoms with Gasteiger partial charge in [-0.1, -0.05) is 30.3 Å². The molecule has 4 nitrogen and oxygen atoms in total. The van der Waals surface area contributed by atoms with Gasteiger partial charge in [0.15, 0.2) is 0 Å². The molecule has 1 saturated carbocycles. The molecule has 0 atom stereocenters. The highest BCUT2D eigenvalue weighted by atomic mass is 16.5. The highest BCUT2D eigenvalue weighted by Crippen LogP contribution is 2.34. The fourth-order valence-electron chi connectivity index (χ4n) is 2.26. The molecular formula is C15H16N2O2. The van der Waals surface area contributed by atoms with Gasteiger partial charge in [-0.05, 0) is 25.2 Å². The number of H-pyrrole nitrogens is 1. The van der Waals surface area contributed by atoms with Crippen LogP contribution >= 0.6 is 0 Å². The number of aromatic amines is 1. The molecule has 0 saturated heterocycles. The van der Waals surface area contributed by atoms with Gasteiger partial charge in [0.1, 0.15) is 11.3 Å². The number of benzene rings is 1. The van der Waals surface area contributed by atoms with Crippen molar-refractivity contribution in [2.75, 3.05) is 7.11 Å². The molecule has 98 valence electrons. The van der Waals surface area contributed by atoms with Crippen molar-refractivity contribution in [2.24, 2.45) is 5.92 Å². The molecule has 2 aromatic rings. The first-order chi connectivity index (χ1) is 9.29. The Labute approximate surface area is 111 Å². The molecular weight excluding hydrogens is 240 g/mol. The molecule has 0 spiro atoms. The van der Waals surface area contributed by atoms with E-state index in [4.69, 9.17) is 4.74 Å². The van der Waals surface area contributed by atoms with Crippen LogP contribution in [0.3, 0.4) is 0 Å². The summed E-state index contributed by atoms with van der Waals surface area (Å²) in [6.07, 6.45) is 3.35. The third-order valence-electron chi connectivity index (χ3n) is 3.47. The molecule has 0 aliphatic heterocycles. The monoisotopic (exact) mass is 256 g/mol. The van der Waals surface area contributed by atoms with Crippen molar-refractivity contribution < 1.29 is 9.53 Å². The Morgan fingerprint density at radius 1 is 1.37 bits per heavy atom. The molecule has 0 unspecified atom stereocenters. The lowest BCUT2D eigenvalue weighted by Crippen LogP contribution is -2.06. The molecule has 1 N–H and O–H groups in total. The Hall–Kier alpha value is -2.10. The predicted octanol–water partition coefficient (Wildman–Crippen LogP) is 2.82. The second-order valence-corrected chi connectivity index (χ2v) is 4.93. The van der Waals surface area contributed by atoms with Gasteiger partial charge in [0.2, 0.25) is 0 Å². The van der Waals surface area contributed by atoms with Gasteiger partial charge in [-0.3, -0.25) is 5.10 Å². The van der Waals surface area contributed by atoms with E-state index in [1.165, 1.54) is 20.0 Å². The molecule has 19 heavy (non-hydrogen) atoms. The van der Waals surface area contributed by atoms with Crippen molar-refractivity contribution in [3.63, 3.8) is 0 Å². The molecule has 0 bridgehead atoms. The number of hydrogen-bond donors (Lipinski definition) is 1. The van der Waals surface area contributed by atoms with Gasteiger partial charge in [0, 0.05) is 5.56 Å². The minimum atomic E-state index is -0.316. The lowest BCUT2D eigenvalue weighted by atomic mass is 10.0. The van der Waals surface area contributed by atoms with E-state index in [1.807, 2.05) is 30.3 Å². The van der Waals surface area contributed by atoms with Crippen LogP contribution < -0.4 is 0 Å². The van der Waals surface area contributed by atoms with E-state index in [2.05, 4.69) is 10.2 Å². The second kappa shape index (κ2) is 4.88. The number of carbonyl (C=O) groups excluding carboxylic acids is 1. The number of methoxy groups -OCH3 is 1. The lowest BCUT2D eigenvalue weighted by molar-refractivity contribution is 0.0600. The molecule has 1 aromatic carbocycles. The Balaban J connectivity index is 2.03. The van der Waals surface area contributed by atoms with Crippen molar-refractivity contribution >= 4 is 5.97 Å². The van der Waals surface area contributed by atoms with E-state index in [0.29, 0.717) is 17.2 Å². The van der Waals surface area contributed by atoms with Gasteiger partial charge < -0.3 is 4.74 Å². The number of nitrogens with one attached hydrogen (secondary N) is 1. The zero-order valence-corrected chi connectivity index (χ0v) is 10.8. The number of esters is 1. The van der Waals surface area contributed by atoms with Gasteiger partial charge in [-0.25, -0.2) is 4.79 Å². The van der Waals surface area contributed by atoms with Crippen molar-refractivity contribution in [3.8, 4) is 11.3 Å².